The van der Waals surface area contributed by atoms with Crippen LogP contribution in [0.25, 0.3) is 0 Å². The minimum Gasteiger partial charge on any atom is -0.480 e. The number of carboxylic acid groups (broad SMARTS) is 1. The van der Waals surface area contributed by atoms with Crippen LogP contribution in [0.2, 0.25) is 0 Å². The monoisotopic (exact) mass is 252 g/mol. The van der Waals surface area contributed by atoms with Crippen LogP contribution in [-0.4, -0.2) is 26.3 Å². The smallest absolute Gasteiger partial charge is 0.319 e. The summed E-state index contributed by atoms with van der Waals surface area (Å²) in [5.74, 6) is -0.771. The second-order valence-corrected chi connectivity index (χ2v) is 5.35. The first-order valence-electron chi connectivity index (χ1n) is 5.40. The first-order chi connectivity index (χ1) is 8.15. The molecular weight excluding hydrogens is 236 g/mol. The van der Waals surface area contributed by atoms with Crippen LogP contribution in [0.5, 0.6) is 0 Å². The number of rotatable bonds is 7. The molecule has 0 aliphatic rings. The Hall–Kier alpha value is -1.42. The van der Waals surface area contributed by atoms with E-state index in [1.54, 1.807) is 0 Å². The molecule has 4 heteroatoms. The maximum Gasteiger partial charge on any atom is 0.319 e. The maximum atomic E-state index is 11.7. The Morgan fingerprint density at radius 1 is 1.41 bits per heavy atom. The van der Waals surface area contributed by atoms with Crippen molar-refractivity contribution in [1.29, 1.82) is 0 Å². The predicted octanol–water partition coefficient (Wildman–Crippen LogP) is 2.01. The van der Waals surface area contributed by atoms with Crippen molar-refractivity contribution in [1.82, 2.24) is 0 Å². The molecular formula is C13H16O3S. The summed E-state index contributed by atoms with van der Waals surface area (Å²) in [7, 11) is -1.38. The third-order valence-electron chi connectivity index (χ3n) is 2.41. The summed E-state index contributed by atoms with van der Waals surface area (Å²) < 4.78 is 11.7. The summed E-state index contributed by atoms with van der Waals surface area (Å²) in [5, 5.41) is 8.21. The van der Waals surface area contributed by atoms with E-state index < -0.39 is 22.0 Å². The quantitative estimate of drug-likeness (QED) is 0.755. The molecule has 92 valence electrons. The van der Waals surface area contributed by atoms with Gasteiger partial charge < -0.3 is 5.11 Å². The van der Waals surface area contributed by atoms with E-state index in [4.69, 9.17) is 5.11 Å². The lowest BCUT2D eigenvalue weighted by Crippen LogP contribution is -2.27. The Morgan fingerprint density at radius 2 is 2.06 bits per heavy atom. The average Bonchev–Trinajstić information content (AvgIpc) is 2.30. The fourth-order valence-electron chi connectivity index (χ4n) is 1.54. The van der Waals surface area contributed by atoms with Crippen LogP contribution >= 0.6 is 0 Å². The van der Waals surface area contributed by atoms with Crippen LogP contribution in [0, 0.1) is 0 Å². The Labute approximate surface area is 104 Å². The molecule has 0 aliphatic carbocycles. The molecule has 0 aromatic heterocycles. The number of carboxylic acids is 1. The number of aryl methyl sites for hydroxylation is 1. The largest absolute Gasteiger partial charge is 0.480 e. The fourth-order valence-corrected chi connectivity index (χ4v) is 2.61. The summed E-state index contributed by atoms with van der Waals surface area (Å²) in [5.41, 5.74) is 1.06. The Morgan fingerprint density at radius 3 is 2.59 bits per heavy atom. The number of hydrogen-bond donors (Lipinski definition) is 1. The van der Waals surface area contributed by atoms with Crippen molar-refractivity contribution in [3.63, 3.8) is 0 Å². The Kier molecular flexibility index (Phi) is 5.63. The molecule has 0 saturated carbocycles. The molecule has 0 radical (unpaired) electrons. The van der Waals surface area contributed by atoms with Crippen LogP contribution in [-0.2, 0) is 22.0 Å². The SMILES string of the molecule is C=CCS(=O)C(CCc1ccccc1)C(=O)O. The first kappa shape index (κ1) is 13.6. The molecule has 2 atom stereocenters. The predicted molar refractivity (Wildman–Crippen MR) is 69.4 cm³/mol. The van der Waals surface area contributed by atoms with Gasteiger partial charge in [-0.2, -0.15) is 0 Å². The molecule has 1 rings (SSSR count). The van der Waals surface area contributed by atoms with E-state index in [-0.39, 0.29) is 5.75 Å². The van der Waals surface area contributed by atoms with Gasteiger partial charge in [0.1, 0.15) is 5.25 Å². The third kappa shape index (κ3) is 4.53. The van der Waals surface area contributed by atoms with Crippen LogP contribution < -0.4 is 0 Å². The van der Waals surface area contributed by atoms with Gasteiger partial charge in [0.05, 0.1) is 0 Å². The molecule has 1 aromatic carbocycles. The molecule has 0 saturated heterocycles. The van der Waals surface area contributed by atoms with E-state index >= 15 is 0 Å². The van der Waals surface area contributed by atoms with Gasteiger partial charge in [0.15, 0.2) is 0 Å². The van der Waals surface area contributed by atoms with Gasteiger partial charge in [-0.05, 0) is 18.4 Å². The van der Waals surface area contributed by atoms with Crippen LogP contribution in [0.3, 0.4) is 0 Å². The second kappa shape index (κ2) is 7.01. The summed E-state index contributed by atoms with van der Waals surface area (Å²) in [6, 6.07) is 9.61. The van der Waals surface area contributed by atoms with Gasteiger partial charge in [-0.3, -0.25) is 9.00 Å². The zero-order valence-electron chi connectivity index (χ0n) is 9.54. The van der Waals surface area contributed by atoms with Gasteiger partial charge in [0.2, 0.25) is 0 Å². The van der Waals surface area contributed by atoms with Gasteiger partial charge in [-0.15, -0.1) is 6.58 Å². The summed E-state index contributed by atoms with van der Waals surface area (Å²) in [6.45, 7) is 3.47. The van der Waals surface area contributed by atoms with Gasteiger partial charge in [-0.1, -0.05) is 36.4 Å². The van der Waals surface area contributed by atoms with Crippen molar-refractivity contribution in [2.24, 2.45) is 0 Å². The van der Waals surface area contributed by atoms with Gasteiger partial charge in [0, 0.05) is 16.6 Å². The standard InChI is InChI=1S/C13H16O3S/c1-2-10-17(16)12(13(14)15)9-8-11-6-4-3-5-7-11/h2-7,12H,1,8-10H2,(H,14,15). The van der Waals surface area contributed by atoms with E-state index in [1.807, 2.05) is 30.3 Å². The molecule has 0 heterocycles. The molecule has 3 nitrogen and oxygen atoms in total. The lowest BCUT2D eigenvalue weighted by Gasteiger charge is -2.10. The summed E-state index contributed by atoms with van der Waals surface area (Å²) in [4.78, 5) is 11.0. The van der Waals surface area contributed by atoms with Crippen LogP contribution in [0.1, 0.15) is 12.0 Å². The zero-order chi connectivity index (χ0) is 12.7. The molecule has 0 fully saturated rings. The second-order valence-electron chi connectivity index (χ2n) is 3.69. The number of aliphatic carboxylic acids is 1. The Balaban J connectivity index is 2.59. The summed E-state index contributed by atoms with van der Waals surface area (Å²) >= 11 is 0. The molecule has 0 spiro atoms. The van der Waals surface area contributed by atoms with Crippen molar-refractivity contribution in [2.45, 2.75) is 18.1 Å². The van der Waals surface area contributed by atoms with Crippen molar-refractivity contribution in [2.75, 3.05) is 5.75 Å². The van der Waals surface area contributed by atoms with Crippen LogP contribution in [0.15, 0.2) is 43.0 Å². The minimum absolute atomic E-state index is 0.228. The maximum absolute atomic E-state index is 11.7. The molecule has 17 heavy (non-hydrogen) atoms. The lowest BCUT2D eigenvalue weighted by molar-refractivity contribution is -0.136. The minimum atomic E-state index is -1.38. The molecule has 1 aromatic rings. The number of benzene rings is 1. The molecule has 0 amide bonds. The highest BCUT2D eigenvalue weighted by molar-refractivity contribution is 7.86. The van der Waals surface area contributed by atoms with Crippen LogP contribution in [0.4, 0.5) is 0 Å². The number of hydrogen-bond acceptors (Lipinski definition) is 2. The highest BCUT2D eigenvalue weighted by atomic mass is 32.2. The van der Waals surface area contributed by atoms with E-state index in [2.05, 4.69) is 6.58 Å². The molecule has 0 bridgehead atoms. The van der Waals surface area contributed by atoms with E-state index in [0.29, 0.717) is 12.8 Å². The first-order valence-corrected chi connectivity index (χ1v) is 6.78. The number of carbonyl (C=O) groups is 1. The third-order valence-corrected chi connectivity index (χ3v) is 4.05. The van der Waals surface area contributed by atoms with Crippen molar-refractivity contribution >= 4 is 16.8 Å². The molecule has 2 unspecified atom stereocenters. The highest BCUT2D eigenvalue weighted by Crippen LogP contribution is 2.10. The van der Waals surface area contributed by atoms with Crippen molar-refractivity contribution in [3.05, 3.63) is 48.6 Å². The lowest BCUT2D eigenvalue weighted by atomic mass is 10.1. The van der Waals surface area contributed by atoms with Gasteiger partial charge in [0.25, 0.3) is 0 Å². The summed E-state index contributed by atoms with van der Waals surface area (Å²) in [6.07, 6.45) is 2.51. The zero-order valence-corrected chi connectivity index (χ0v) is 10.4. The van der Waals surface area contributed by atoms with E-state index in [9.17, 15) is 9.00 Å². The van der Waals surface area contributed by atoms with E-state index in [0.717, 1.165) is 5.56 Å². The molecule has 1 N–H and O–H groups in total. The normalized spacial score (nSPS) is 13.9. The van der Waals surface area contributed by atoms with Gasteiger partial charge >= 0.3 is 5.97 Å². The van der Waals surface area contributed by atoms with Crippen molar-refractivity contribution < 1.29 is 14.1 Å². The Bertz CT molecular complexity index is 400. The topological polar surface area (TPSA) is 54.4 Å². The average molecular weight is 252 g/mol. The molecule has 0 aliphatic heterocycles. The van der Waals surface area contributed by atoms with Gasteiger partial charge in [-0.25, -0.2) is 0 Å². The fraction of sp³-hybridized carbons (Fsp3) is 0.308. The van der Waals surface area contributed by atoms with E-state index in [1.165, 1.54) is 6.08 Å². The highest BCUT2D eigenvalue weighted by Gasteiger charge is 2.23. The van der Waals surface area contributed by atoms with Crippen molar-refractivity contribution in [3.8, 4) is 0 Å².